The lowest BCUT2D eigenvalue weighted by molar-refractivity contribution is -0.124. The molecule has 0 radical (unpaired) electrons. The largest absolute Gasteiger partial charge is 0.447 e. The lowest BCUT2D eigenvalue weighted by Gasteiger charge is -2.18. The number of ether oxygens (including phenoxy) is 1. The van der Waals surface area contributed by atoms with Crippen LogP contribution < -0.4 is 0 Å². The van der Waals surface area contributed by atoms with Crippen molar-refractivity contribution in [3.8, 4) is 0 Å². The van der Waals surface area contributed by atoms with Gasteiger partial charge in [0.15, 0.2) is 0 Å². The van der Waals surface area contributed by atoms with Crippen molar-refractivity contribution in [2.24, 2.45) is 0 Å². The highest BCUT2D eigenvalue weighted by molar-refractivity contribution is 6.02. The second-order valence-corrected chi connectivity index (χ2v) is 5.87. The van der Waals surface area contributed by atoms with Crippen molar-refractivity contribution in [3.63, 3.8) is 0 Å². The minimum Gasteiger partial charge on any atom is -0.447 e. The Bertz CT molecular complexity index is 750. The van der Waals surface area contributed by atoms with E-state index in [0.29, 0.717) is 6.42 Å². The molecule has 4 nitrogen and oxygen atoms in total. The number of cyclic esters (lactones) is 1. The highest BCUT2D eigenvalue weighted by Crippen LogP contribution is 2.18. The van der Waals surface area contributed by atoms with Crippen LogP contribution in [-0.4, -0.2) is 29.5 Å². The van der Waals surface area contributed by atoms with Gasteiger partial charge in [-0.3, -0.25) is 4.79 Å². The van der Waals surface area contributed by atoms with Crippen LogP contribution in [0.4, 0.5) is 4.79 Å². The minimum atomic E-state index is -0.575. The van der Waals surface area contributed by atoms with Gasteiger partial charge >= 0.3 is 6.09 Å². The van der Waals surface area contributed by atoms with Crippen molar-refractivity contribution in [2.75, 3.05) is 6.61 Å². The smallest absolute Gasteiger partial charge is 0.417 e. The van der Waals surface area contributed by atoms with Gasteiger partial charge in [-0.05, 0) is 30.5 Å². The molecule has 4 heteroatoms. The van der Waals surface area contributed by atoms with Crippen LogP contribution in [0.3, 0.4) is 0 Å². The number of carbonyl (C=O) groups excluding carboxylic acids is 2. The van der Waals surface area contributed by atoms with Gasteiger partial charge in [0.1, 0.15) is 6.61 Å². The zero-order valence-corrected chi connectivity index (χ0v) is 13.5. The maximum Gasteiger partial charge on any atom is 0.417 e. The summed E-state index contributed by atoms with van der Waals surface area (Å²) >= 11 is 0. The Kier molecular flexibility index (Phi) is 4.75. The molecule has 2 aromatic rings. The number of hydrogen-bond acceptors (Lipinski definition) is 3. The van der Waals surface area contributed by atoms with Crippen LogP contribution in [-0.2, 0) is 16.0 Å². The Morgan fingerprint density at radius 1 is 1.17 bits per heavy atom. The number of imide groups is 1. The maximum atomic E-state index is 12.4. The second kappa shape index (κ2) is 7.13. The van der Waals surface area contributed by atoms with Gasteiger partial charge in [-0.2, -0.15) is 0 Å². The average Bonchev–Trinajstić information content (AvgIpc) is 2.95. The summed E-state index contributed by atoms with van der Waals surface area (Å²) in [5.41, 5.74) is 3.15. The molecular weight excluding hydrogens is 302 g/mol. The molecule has 0 N–H and O–H groups in total. The zero-order valence-electron chi connectivity index (χ0n) is 13.5. The lowest BCUT2D eigenvalue weighted by atomic mass is 10.1. The lowest BCUT2D eigenvalue weighted by Crippen LogP contribution is -2.39. The van der Waals surface area contributed by atoms with Gasteiger partial charge in [-0.1, -0.05) is 60.2 Å². The zero-order chi connectivity index (χ0) is 16.9. The molecule has 1 atom stereocenters. The molecule has 1 aliphatic heterocycles. The van der Waals surface area contributed by atoms with Crippen LogP contribution in [0.15, 0.2) is 60.7 Å². The Morgan fingerprint density at radius 2 is 1.88 bits per heavy atom. The van der Waals surface area contributed by atoms with E-state index in [-0.39, 0.29) is 18.6 Å². The Labute approximate surface area is 141 Å². The van der Waals surface area contributed by atoms with Crippen molar-refractivity contribution < 1.29 is 14.3 Å². The molecule has 0 spiro atoms. The minimum absolute atomic E-state index is 0.234. The number of benzene rings is 2. The molecule has 0 bridgehead atoms. The van der Waals surface area contributed by atoms with E-state index in [4.69, 9.17) is 4.74 Å². The molecule has 0 saturated carbocycles. The fraction of sp³-hybridized carbons (Fsp3) is 0.200. The van der Waals surface area contributed by atoms with Crippen molar-refractivity contribution in [2.45, 2.75) is 19.4 Å². The monoisotopic (exact) mass is 321 g/mol. The Hall–Kier alpha value is -2.88. The molecule has 2 amide bonds. The number of rotatable bonds is 4. The quantitative estimate of drug-likeness (QED) is 0.808. The third kappa shape index (κ3) is 3.71. The van der Waals surface area contributed by atoms with Crippen LogP contribution in [0.25, 0.3) is 6.08 Å². The summed E-state index contributed by atoms with van der Waals surface area (Å²) in [5, 5.41) is 0. The summed E-state index contributed by atoms with van der Waals surface area (Å²) in [6.07, 6.45) is 3.16. The second-order valence-electron chi connectivity index (χ2n) is 5.87. The van der Waals surface area contributed by atoms with Crippen molar-refractivity contribution in [3.05, 3.63) is 77.4 Å². The summed E-state index contributed by atoms with van der Waals surface area (Å²) in [7, 11) is 0. The van der Waals surface area contributed by atoms with E-state index >= 15 is 0 Å². The molecular formula is C20H19NO3. The third-order valence-corrected chi connectivity index (χ3v) is 4.01. The van der Waals surface area contributed by atoms with Crippen LogP contribution >= 0.6 is 0 Å². The van der Waals surface area contributed by atoms with Crippen LogP contribution in [0.5, 0.6) is 0 Å². The molecule has 1 saturated heterocycles. The molecule has 2 aromatic carbocycles. The topological polar surface area (TPSA) is 46.6 Å². The van der Waals surface area contributed by atoms with Crippen molar-refractivity contribution >= 4 is 18.1 Å². The van der Waals surface area contributed by atoms with E-state index in [1.807, 2.05) is 61.5 Å². The molecule has 3 rings (SSSR count). The van der Waals surface area contributed by atoms with E-state index in [2.05, 4.69) is 0 Å². The first-order valence-corrected chi connectivity index (χ1v) is 7.92. The first-order valence-electron chi connectivity index (χ1n) is 7.92. The third-order valence-electron chi connectivity index (χ3n) is 4.01. The summed E-state index contributed by atoms with van der Waals surface area (Å²) in [6, 6.07) is 17.3. The summed E-state index contributed by atoms with van der Waals surface area (Å²) < 4.78 is 5.07. The normalized spacial score (nSPS) is 17.3. The van der Waals surface area contributed by atoms with E-state index in [1.54, 1.807) is 6.08 Å². The highest BCUT2D eigenvalue weighted by atomic mass is 16.6. The van der Waals surface area contributed by atoms with Gasteiger partial charge in [0.2, 0.25) is 0 Å². The SMILES string of the molecule is Cc1ccc(C=CC(=O)N2C(=O)OC[C@@H]2Cc2ccccc2)cc1. The average molecular weight is 321 g/mol. The number of carbonyl (C=O) groups is 2. The Balaban J connectivity index is 1.71. The molecule has 1 aliphatic rings. The van der Waals surface area contributed by atoms with Gasteiger partial charge in [0.25, 0.3) is 5.91 Å². The van der Waals surface area contributed by atoms with Crippen LogP contribution in [0.2, 0.25) is 0 Å². The molecule has 122 valence electrons. The number of amides is 2. The fourth-order valence-corrected chi connectivity index (χ4v) is 2.69. The Morgan fingerprint density at radius 3 is 2.58 bits per heavy atom. The highest BCUT2D eigenvalue weighted by Gasteiger charge is 2.36. The van der Waals surface area contributed by atoms with Gasteiger partial charge in [-0.25, -0.2) is 9.69 Å². The van der Waals surface area contributed by atoms with Crippen molar-refractivity contribution in [1.29, 1.82) is 0 Å². The molecule has 0 unspecified atom stereocenters. The van der Waals surface area contributed by atoms with Crippen LogP contribution in [0.1, 0.15) is 16.7 Å². The first kappa shape index (κ1) is 16.0. The standard InChI is InChI=1S/C20H19NO3/c1-15-7-9-16(10-8-15)11-12-19(22)21-18(14-24-20(21)23)13-17-5-3-2-4-6-17/h2-12,18H,13-14H2,1H3/t18-/m0/s1. The van der Waals surface area contributed by atoms with Crippen LogP contribution in [0, 0.1) is 6.92 Å². The molecule has 0 aliphatic carbocycles. The summed E-state index contributed by atoms with van der Waals surface area (Å²) in [4.78, 5) is 25.6. The van der Waals surface area contributed by atoms with E-state index in [0.717, 1.165) is 16.7 Å². The molecule has 0 aromatic heterocycles. The molecule has 1 heterocycles. The molecule has 1 fully saturated rings. The van der Waals surface area contributed by atoms with E-state index < -0.39 is 6.09 Å². The predicted octanol–water partition coefficient (Wildman–Crippen LogP) is 3.60. The van der Waals surface area contributed by atoms with Gasteiger partial charge in [0.05, 0.1) is 6.04 Å². The van der Waals surface area contributed by atoms with Crippen molar-refractivity contribution in [1.82, 2.24) is 4.90 Å². The van der Waals surface area contributed by atoms with Gasteiger partial charge < -0.3 is 4.74 Å². The first-order chi connectivity index (χ1) is 11.6. The number of nitrogens with zero attached hydrogens (tertiary/aromatic N) is 1. The molecule has 24 heavy (non-hydrogen) atoms. The van der Waals surface area contributed by atoms with Gasteiger partial charge in [0, 0.05) is 6.08 Å². The fourth-order valence-electron chi connectivity index (χ4n) is 2.69. The van der Waals surface area contributed by atoms with E-state index in [9.17, 15) is 9.59 Å². The maximum absolute atomic E-state index is 12.4. The van der Waals surface area contributed by atoms with E-state index in [1.165, 1.54) is 11.0 Å². The summed E-state index contributed by atoms with van der Waals surface area (Å²) in [6.45, 7) is 2.24. The van der Waals surface area contributed by atoms with Gasteiger partial charge in [-0.15, -0.1) is 0 Å². The number of aryl methyl sites for hydroxylation is 1. The number of hydrogen-bond donors (Lipinski definition) is 0. The predicted molar refractivity (Wildman–Crippen MR) is 92.3 cm³/mol. The summed E-state index contributed by atoms with van der Waals surface area (Å²) in [5.74, 6) is -0.348.